The molecule has 0 spiro atoms. The average molecular weight is 420 g/mol. The Morgan fingerprint density at radius 2 is 1.58 bits per heavy atom. The molecule has 0 radical (unpaired) electrons. The third-order valence-electron chi connectivity index (χ3n) is 5.29. The Morgan fingerprint density at radius 3 is 2.26 bits per heavy atom. The van der Waals surface area contributed by atoms with E-state index in [1.807, 2.05) is 30.3 Å². The van der Waals surface area contributed by atoms with Gasteiger partial charge in [-0.3, -0.25) is 9.69 Å². The Labute approximate surface area is 181 Å². The van der Waals surface area contributed by atoms with Crippen LogP contribution in [0, 0.1) is 5.82 Å². The topological polar surface area (TPSA) is 50.8 Å². The van der Waals surface area contributed by atoms with E-state index in [1.165, 1.54) is 12.1 Å². The summed E-state index contributed by atoms with van der Waals surface area (Å²) >= 11 is 0. The zero-order chi connectivity index (χ0) is 21.5. The van der Waals surface area contributed by atoms with Gasteiger partial charge >= 0.3 is 0 Å². The molecule has 1 N–H and O–H groups in total. The number of para-hydroxylation sites is 1. The van der Waals surface area contributed by atoms with Crippen LogP contribution in [-0.4, -0.2) is 43.7 Å². The number of carbonyl (C=O) groups excluding carboxylic acids is 1. The summed E-state index contributed by atoms with van der Waals surface area (Å²) in [6.45, 7) is 3.25. The van der Waals surface area contributed by atoms with Gasteiger partial charge in [0, 0.05) is 25.2 Å². The van der Waals surface area contributed by atoms with Crippen LogP contribution in [0.15, 0.2) is 78.9 Å². The molecule has 4 rings (SSSR count). The number of nitrogens with one attached hydrogen (secondary N) is 1. The monoisotopic (exact) mass is 420 g/mol. The number of benzene rings is 3. The number of hydrogen-bond acceptors (Lipinski definition) is 4. The zero-order valence-corrected chi connectivity index (χ0v) is 17.2. The highest BCUT2D eigenvalue weighted by molar-refractivity contribution is 5.94. The summed E-state index contributed by atoms with van der Waals surface area (Å²) in [5, 5.41) is 3.02. The fourth-order valence-corrected chi connectivity index (χ4v) is 3.62. The van der Waals surface area contributed by atoms with Gasteiger partial charge in [0.1, 0.15) is 17.3 Å². The lowest BCUT2D eigenvalue weighted by molar-refractivity contribution is 0.0162. The largest absolute Gasteiger partial charge is 0.457 e. The number of ether oxygens (including phenoxy) is 2. The second-order valence-corrected chi connectivity index (χ2v) is 7.37. The quantitative estimate of drug-likeness (QED) is 0.615. The summed E-state index contributed by atoms with van der Waals surface area (Å²) in [5.74, 6) is 0.977. The number of carbonyl (C=O) groups is 1. The second kappa shape index (κ2) is 10.2. The molecule has 5 nitrogen and oxygen atoms in total. The van der Waals surface area contributed by atoms with Crippen molar-refractivity contribution in [2.45, 2.75) is 6.04 Å². The van der Waals surface area contributed by atoms with Gasteiger partial charge < -0.3 is 14.8 Å². The summed E-state index contributed by atoms with van der Waals surface area (Å²) in [7, 11) is 0. The van der Waals surface area contributed by atoms with E-state index in [1.54, 1.807) is 36.4 Å². The molecule has 0 aromatic heterocycles. The van der Waals surface area contributed by atoms with Crippen LogP contribution in [0.4, 0.5) is 4.39 Å². The van der Waals surface area contributed by atoms with E-state index in [0.29, 0.717) is 31.1 Å². The van der Waals surface area contributed by atoms with Crippen LogP contribution < -0.4 is 10.1 Å². The molecule has 160 valence electrons. The normalized spacial score (nSPS) is 15.3. The highest BCUT2D eigenvalue weighted by Crippen LogP contribution is 2.23. The maximum Gasteiger partial charge on any atom is 0.251 e. The maximum absolute atomic E-state index is 13.4. The number of rotatable bonds is 7. The van der Waals surface area contributed by atoms with Gasteiger partial charge in [-0.15, -0.1) is 0 Å². The fraction of sp³-hybridized carbons (Fsp3) is 0.240. The molecular weight excluding hydrogens is 395 g/mol. The molecule has 3 aromatic rings. The first-order valence-electron chi connectivity index (χ1n) is 10.4. The lowest BCUT2D eigenvalue weighted by atomic mass is 10.0. The first kappa shape index (κ1) is 21.0. The molecule has 1 heterocycles. The number of nitrogens with zero attached hydrogens (tertiary/aromatic N) is 1. The first-order chi connectivity index (χ1) is 15.2. The number of hydrogen-bond donors (Lipinski definition) is 1. The summed E-state index contributed by atoms with van der Waals surface area (Å²) in [6.07, 6.45) is 0. The first-order valence-corrected chi connectivity index (χ1v) is 10.4. The summed E-state index contributed by atoms with van der Waals surface area (Å²) in [5.41, 5.74) is 1.52. The lowest BCUT2D eigenvalue weighted by Crippen LogP contribution is -2.43. The molecule has 1 saturated heterocycles. The van der Waals surface area contributed by atoms with Crippen LogP contribution in [0.25, 0.3) is 0 Å². The van der Waals surface area contributed by atoms with Crippen molar-refractivity contribution in [3.8, 4) is 11.5 Å². The van der Waals surface area contributed by atoms with Crippen LogP contribution in [-0.2, 0) is 4.74 Å². The smallest absolute Gasteiger partial charge is 0.251 e. The highest BCUT2D eigenvalue weighted by Gasteiger charge is 2.23. The van der Waals surface area contributed by atoms with Crippen molar-refractivity contribution < 1.29 is 18.7 Å². The minimum absolute atomic E-state index is 0.0471. The molecule has 1 amide bonds. The Kier molecular flexibility index (Phi) is 6.92. The summed E-state index contributed by atoms with van der Waals surface area (Å²) in [4.78, 5) is 15.0. The van der Waals surface area contributed by atoms with E-state index in [-0.39, 0.29) is 17.8 Å². The molecule has 0 bridgehead atoms. The number of amides is 1. The van der Waals surface area contributed by atoms with Crippen molar-refractivity contribution in [1.29, 1.82) is 0 Å². The molecular formula is C25H25FN2O3. The van der Waals surface area contributed by atoms with Crippen molar-refractivity contribution in [1.82, 2.24) is 10.2 Å². The fourth-order valence-electron chi connectivity index (χ4n) is 3.62. The van der Waals surface area contributed by atoms with Gasteiger partial charge in [0.2, 0.25) is 0 Å². The number of morpholine rings is 1. The van der Waals surface area contributed by atoms with Crippen LogP contribution in [0.5, 0.6) is 11.5 Å². The Bertz CT molecular complexity index is 972. The molecule has 1 aliphatic heterocycles. The van der Waals surface area contributed by atoms with E-state index in [2.05, 4.69) is 10.2 Å². The third-order valence-corrected chi connectivity index (χ3v) is 5.29. The van der Waals surface area contributed by atoms with Crippen molar-refractivity contribution in [2.75, 3.05) is 32.8 Å². The minimum atomic E-state index is -0.272. The molecule has 0 saturated carbocycles. The van der Waals surface area contributed by atoms with E-state index in [4.69, 9.17) is 9.47 Å². The van der Waals surface area contributed by atoms with Crippen LogP contribution in [0.1, 0.15) is 22.0 Å². The van der Waals surface area contributed by atoms with Crippen LogP contribution >= 0.6 is 0 Å². The van der Waals surface area contributed by atoms with Crippen molar-refractivity contribution in [3.63, 3.8) is 0 Å². The van der Waals surface area contributed by atoms with Crippen molar-refractivity contribution in [3.05, 3.63) is 95.8 Å². The summed E-state index contributed by atoms with van der Waals surface area (Å²) in [6, 6.07) is 23.0. The van der Waals surface area contributed by atoms with Crippen molar-refractivity contribution >= 4 is 5.91 Å². The maximum atomic E-state index is 13.4. The van der Waals surface area contributed by atoms with Gasteiger partial charge in [-0.25, -0.2) is 4.39 Å². The average Bonchev–Trinajstić information content (AvgIpc) is 2.82. The predicted octanol–water partition coefficient (Wildman–Crippen LogP) is 4.42. The van der Waals surface area contributed by atoms with Gasteiger partial charge in [0.15, 0.2) is 0 Å². The molecule has 1 unspecified atom stereocenters. The van der Waals surface area contributed by atoms with Gasteiger partial charge in [-0.05, 0) is 54.1 Å². The molecule has 0 aliphatic carbocycles. The highest BCUT2D eigenvalue weighted by atomic mass is 19.1. The van der Waals surface area contributed by atoms with Gasteiger partial charge in [0.05, 0.1) is 19.3 Å². The standard InChI is InChI=1S/C25H25FN2O3/c26-21-10-6-19(7-11-21)24(28-14-16-30-17-15-28)18-27-25(29)20-8-12-23(13-9-20)31-22-4-2-1-3-5-22/h1-13,24H,14-18H2,(H,27,29). The Balaban J connectivity index is 1.40. The second-order valence-electron chi connectivity index (χ2n) is 7.37. The van der Waals surface area contributed by atoms with Crippen LogP contribution in [0.3, 0.4) is 0 Å². The van der Waals surface area contributed by atoms with Gasteiger partial charge in [-0.2, -0.15) is 0 Å². The predicted molar refractivity (Wildman–Crippen MR) is 117 cm³/mol. The molecule has 1 atom stereocenters. The third kappa shape index (κ3) is 5.69. The molecule has 6 heteroatoms. The molecule has 1 fully saturated rings. The SMILES string of the molecule is O=C(NCC(c1ccc(F)cc1)N1CCOCC1)c1ccc(Oc2ccccc2)cc1. The van der Waals surface area contributed by atoms with E-state index < -0.39 is 0 Å². The van der Waals surface area contributed by atoms with Gasteiger partial charge in [-0.1, -0.05) is 30.3 Å². The van der Waals surface area contributed by atoms with E-state index in [0.717, 1.165) is 24.4 Å². The Hall–Kier alpha value is -3.22. The lowest BCUT2D eigenvalue weighted by Gasteiger charge is -2.35. The van der Waals surface area contributed by atoms with E-state index >= 15 is 0 Å². The van der Waals surface area contributed by atoms with Crippen LogP contribution in [0.2, 0.25) is 0 Å². The molecule has 1 aliphatic rings. The molecule has 3 aromatic carbocycles. The number of halogens is 1. The Morgan fingerprint density at radius 1 is 0.935 bits per heavy atom. The van der Waals surface area contributed by atoms with Gasteiger partial charge in [0.25, 0.3) is 5.91 Å². The summed E-state index contributed by atoms with van der Waals surface area (Å²) < 4.78 is 24.6. The minimum Gasteiger partial charge on any atom is -0.457 e. The van der Waals surface area contributed by atoms with Crippen molar-refractivity contribution in [2.24, 2.45) is 0 Å². The zero-order valence-electron chi connectivity index (χ0n) is 17.2. The van der Waals surface area contributed by atoms with E-state index in [9.17, 15) is 9.18 Å². The molecule has 31 heavy (non-hydrogen) atoms.